The SMILES string of the molecule is C[C@@H]1CC[C@@H](COc2ccc(F)cn2)CN1C(=O)c1ccccc1-c1ccccc1. The van der Waals surface area contributed by atoms with Crippen molar-refractivity contribution < 1.29 is 13.9 Å². The Morgan fingerprint density at radius 3 is 2.60 bits per heavy atom. The van der Waals surface area contributed by atoms with Gasteiger partial charge in [-0.2, -0.15) is 0 Å². The predicted octanol–water partition coefficient (Wildman–Crippen LogP) is 5.21. The number of likely N-dealkylation sites (tertiary alicyclic amines) is 1. The molecule has 0 saturated carbocycles. The van der Waals surface area contributed by atoms with Gasteiger partial charge in [0.25, 0.3) is 5.91 Å². The molecule has 2 atom stereocenters. The van der Waals surface area contributed by atoms with Crippen molar-refractivity contribution in [3.05, 3.63) is 84.3 Å². The van der Waals surface area contributed by atoms with E-state index in [0.29, 0.717) is 19.0 Å². The van der Waals surface area contributed by atoms with Gasteiger partial charge in [0, 0.05) is 30.1 Å². The van der Waals surface area contributed by atoms with Gasteiger partial charge in [0.2, 0.25) is 5.88 Å². The van der Waals surface area contributed by atoms with E-state index >= 15 is 0 Å². The number of ether oxygens (including phenoxy) is 1. The fourth-order valence-corrected chi connectivity index (χ4v) is 3.95. The standard InChI is InChI=1S/C25H25FN2O2/c1-18-11-12-19(17-30-24-14-13-21(26)15-27-24)16-28(18)25(29)23-10-6-5-9-22(23)20-7-3-2-4-8-20/h2-10,13-15,18-19H,11-12,16-17H2,1H3/t18-,19-/m1/s1. The zero-order valence-electron chi connectivity index (χ0n) is 17.0. The number of piperidine rings is 1. The summed E-state index contributed by atoms with van der Waals surface area (Å²) in [6, 6.07) is 20.8. The summed E-state index contributed by atoms with van der Waals surface area (Å²) in [5, 5.41) is 0. The maximum Gasteiger partial charge on any atom is 0.254 e. The molecule has 0 N–H and O–H groups in total. The van der Waals surface area contributed by atoms with Crippen LogP contribution in [0.25, 0.3) is 11.1 Å². The first-order valence-electron chi connectivity index (χ1n) is 10.3. The number of amides is 1. The number of benzene rings is 2. The van der Waals surface area contributed by atoms with E-state index in [1.54, 1.807) is 0 Å². The lowest BCUT2D eigenvalue weighted by Crippen LogP contribution is -2.47. The molecule has 1 amide bonds. The Morgan fingerprint density at radius 1 is 1.07 bits per heavy atom. The molecule has 0 spiro atoms. The predicted molar refractivity (Wildman–Crippen MR) is 115 cm³/mol. The van der Waals surface area contributed by atoms with E-state index in [-0.39, 0.29) is 23.7 Å². The van der Waals surface area contributed by atoms with Gasteiger partial charge in [0.05, 0.1) is 12.8 Å². The summed E-state index contributed by atoms with van der Waals surface area (Å²) in [6.07, 6.45) is 3.05. The van der Waals surface area contributed by atoms with Gasteiger partial charge >= 0.3 is 0 Å². The monoisotopic (exact) mass is 404 g/mol. The van der Waals surface area contributed by atoms with Crippen LogP contribution in [-0.2, 0) is 0 Å². The van der Waals surface area contributed by atoms with Gasteiger partial charge in [-0.15, -0.1) is 0 Å². The third-order valence-corrected chi connectivity index (χ3v) is 5.65. The van der Waals surface area contributed by atoms with Gasteiger partial charge in [0.15, 0.2) is 0 Å². The zero-order chi connectivity index (χ0) is 20.9. The second-order valence-corrected chi connectivity index (χ2v) is 7.79. The van der Waals surface area contributed by atoms with Crippen LogP contribution in [0.2, 0.25) is 0 Å². The number of pyridine rings is 1. The third-order valence-electron chi connectivity index (χ3n) is 5.65. The van der Waals surface area contributed by atoms with Crippen LogP contribution in [-0.4, -0.2) is 35.0 Å². The summed E-state index contributed by atoms with van der Waals surface area (Å²) in [5.74, 6) is 0.275. The van der Waals surface area contributed by atoms with Gasteiger partial charge in [-0.05, 0) is 43.0 Å². The minimum absolute atomic E-state index is 0.0477. The molecule has 1 aromatic heterocycles. The van der Waals surface area contributed by atoms with Crippen molar-refractivity contribution in [2.75, 3.05) is 13.2 Å². The summed E-state index contributed by atoms with van der Waals surface area (Å²) >= 11 is 0. The largest absolute Gasteiger partial charge is 0.477 e. The lowest BCUT2D eigenvalue weighted by Gasteiger charge is -2.38. The number of halogens is 1. The van der Waals surface area contributed by atoms with Crippen molar-refractivity contribution in [1.82, 2.24) is 9.88 Å². The fraction of sp³-hybridized carbons (Fsp3) is 0.280. The molecule has 5 heteroatoms. The lowest BCUT2D eigenvalue weighted by molar-refractivity contribution is 0.0503. The van der Waals surface area contributed by atoms with Crippen LogP contribution < -0.4 is 4.74 Å². The Bertz CT molecular complexity index is 992. The molecule has 0 aliphatic carbocycles. The van der Waals surface area contributed by atoms with Crippen molar-refractivity contribution in [2.45, 2.75) is 25.8 Å². The van der Waals surface area contributed by atoms with Gasteiger partial charge in [-0.1, -0.05) is 48.5 Å². The smallest absolute Gasteiger partial charge is 0.254 e. The van der Waals surface area contributed by atoms with Crippen LogP contribution in [0.3, 0.4) is 0 Å². The molecule has 0 bridgehead atoms. The quantitative estimate of drug-likeness (QED) is 0.586. The first kappa shape index (κ1) is 20.1. The van der Waals surface area contributed by atoms with Crippen LogP contribution in [0.1, 0.15) is 30.1 Å². The summed E-state index contributed by atoms with van der Waals surface area (Å²) in [4.78, 5) is 19.4. The molecule has 0 unspecified atom stereocenters. The first-order chi connectivity index (χ1) is 14.6. The van der Waals surface area contributed by atoms with Crippen molar-refractivity contribution in [3.8, 4) is 17.0 Å². The number of hydrogen-bond donors (Lipinski definition) is 0. The molecule has 1 fully saturated rings. The molecule has 3 aromatic rings. The maximum atomic E-state index is 13.5. The Labute approximate surface area is 176 Å². The Balaban J connectivity index is 1.49. The number of carbonyl (C=O) groups is 1. The molecule has 30 heavy (non-hydrogen) atoms. The topological polar surface area (TPSA) is 42.4 Å². The number of carbonyl (C=O) groups excluding carboxylic acids is 1. The maximum absolute atomic E-state index is 13.5. The highest BCUT2D eigenvalue weighted by Gasteiger charge is 2.31. The molecule has 1 aliphatic rings. The van der Waals surface area contributed by atoms with Crippen LogP contribution in [0.15, 0.2) is 72.9 Å². The van der Waals surface area contributed by atoms with Crippen molar-refractivity contribution >= 4 is 5.91 Å². The summed E-state index contributed by atoms with van der Waals surface area (Å²) in [6.45, 7) is 3.18. The lowest BCUT2D eigenvalue weighted by atomic mass is 9.92. The molecule has 1 saturated heterocycles. The van der Waals surface area contributed by atoms with Crippen LogP contribution in [0, 0.1) is 11.7 Å². The molecule has 4 rings (SSSR count). The highest BCUT2D eigenvalue weighted by atomic mass is 19.1. The van der Waals surface area contributed by atoms with Crippen molar-refractivity contribution in [3.63, 3.8) is 0 Å². The molecule has 2 aromatic carbocycles. The van der Waals surface area contributed by atoms with Gasteiger partial charge < -0.3 is 9.64 Å². The Morgan fingerprint density at radius 2 is 1.83 bits per heavy atom. The highest BCUT2D eigenvalue weighted by Crippen LogP contribution is 2.29. The zero-order valence-corrected chi connectivity index (χ0v) is 17.0. The van der Waals surface area contributed by atoms with Gasteiger partial charge in [0.1, 0.15) is 5.82 Å². The van der Waals surface area contributed by atoms with Gasteiger partial charge in [-0.25, -0.2) is 9.37 Å². The summed E-state index contributed by atoms with van der Waals surface area (Å²) in [5.41, 5.74) is 2.70. The molecular weight excluding hydrogens is 379 g/mol. The number of nitrogens with zero attached hydrogens (tertiary/aromatic N) is 2. The van der Waals surface area contributed by atoms with Crippen LogP contribution in [0.4, 0.5) is 4.39 Å². The van der Waals surface area contributed by atoms with E-state index in [0.717, 1.165) is 35.7 Å². The van der Waals surface area contributed by atoms with E-state index in [1.165, 1.54) is 12.1 Å². The second kappa shape index (κ2) is 9.08. The normalized spacial score (nSPS) is 18.8. The first-order valence-corrected chi connectivity index (χ1v) is 10.3. The molecule has 2 heterocycles. The third kappa shape index (κ3) is 4.51. The van der Waals surface area contributed by atoms with Gasteiger partial charge in [-0.3, -0.25) is 4.79 Å². The molecular formula is C25H25FN2O2. The van der Waals surface area contributed by atoms with Crippen LogP contribution in [0.5, 0.6) is 5.88 Å². The van der Waals surface area contributed by atoms with E-state index in [9.17, 15) is 9.18 Å². The number of rotatable bonds is 5. The van der Waals surface area contributed by atoms with Crippen LogP contribution >= 0.6 is 0 Å². The second-order valence-electron chi connectivity index (χ2n) is 7.79. The summed E-state index contributed by atoms with van der Waals surface area (Å²) in [7, 11) is 0. The minimum atomic E-state index is -0.386. The van der Waals surface area contributed by atoms with E-state index in [2.05, 4.69) is 11.9 Å². The Kier molecular flexibility index (Phi) is 6.07. The van der Waals surface area contributed by atoms with Crippen molar-refractivity contribution in [1.29, 1.82) is 0 Å². The fourth-order valence-electron chi connectivity index (χ4n) is 3.95. The van der Waals surface area contributed by atoms with Crippen molar-refractivity contribution in [2.24, 2.45) is 5.92 Å². The Hall–Kier alpha value is -3.21. The molecule has 1 aliphatic heterocycles. The van der Waals surface area contributed by atoms with E-state index in [1.807, 2.05) is 59.5 Å². The molecule has 4 nitrogen and oxygen atoms in total. The summed E-state index contributed by atoms with van der Waals surface area (Å²) < 4.78 is 18.8. The van der Waals surface area contributed by atoms with E-state index < -0.39 is 0 Å². The minimum Gasteiger partial charge on any atom is -0.477 e. The molecule has 0 radical (unpaired) electrons. The highest BCUT2D eigenvalue weighted by molar-refractivity contribution is 6.01. The average molecular weight is 404 g/mol. The average Bonchev–Trinajstić information content (AvgIpc) is 2.80. The number of hydrogen-bond acceptors (Lipinski definition) is 3. The molecule has 154 valence electrons. The van der Waals surface area contributed by atoms with E-state index in [4.69, 9.17) is 4.74 Å². The number of aromatic nitrogens is 1.